The van der Waals surface area contributed by atoms with Crippen molar-refractivity contribution in [3.8, 4) is 0 Å². The van der Waals surface area contributed by atoms with Crippen molar-refractivity contribution in [2.45, 2.75) is 51.0 Å². The highest BCUT2D eigenvalue weighted by Crippen LogP contribution is 2.35. The second kappa shape index (κ2) is 8.22. The fourth-order valence-corrected chi connectivity index (χ4v) is 2.62. The number of hydrogen-bond acceptors (Lipinski definition) is 3. The maximum absolute atomic E-state index is 11.8. The van der Waals surface area contributed by atoms with E-state index in [9.17, 15) is 9.59 Å². The summed E-state index contributed by atoms with van der Waals surface area (Å²) in [6.07, 6.45) is 5.14. The summed E-state index contributed by atoms with van der Waals surface area (Å²) in [5, 5.41) is 14.4. The van der Waals surface area contributed by atoms with Crippen molar-refractivity contribution in [1.82, 2.24) is 15.5 Å². The molecule has 1 atom stereocenters. The molecular formula is C15H29N3O3. The first-order valence-electron chi connectivity index (χ1n) is 7.77. The minimum absolute atomic E-state index is 0.131. The van der Waals surface area contributed by atoms with Gasteiger partial charge in [0.15, 0.2) is 0 Å². The molecule has 0 aliphatic heterocycles. The Kier molecular flexibility index (Phi) is 6.95. The zero-order chi connectivity index (χ0) is 15.9. The molecule has 1 fully saturated rings. The Hall–Kier alpha value is -1.30. The van der Waals surface area contributed by atoms with Crippen molar-refractivity contribution in [2.75, 3.05) is 27.2 Å². The van der Waals surface area contributed by atoms with Gasteiger partial charge >= 0.3 is 12.0 Å². The monoisotopic (exact) mass is 299 g/mol. The lowest BCUT2D eigenvalue weighted by Crippen LogP contribution is -2.58. The third kappa shape index (κ3) is 5.91. The van der Waals surface area contributed by atoms with Crippen LogP contribution in [-0.4, -0.2) is 54.7 Å². The molecule has 2 amide bonds. The van der Waals surface area contributed by atoms with E-state index in [1.54, 1.807) is 0 Å². The third-order valence-electron chi connectivity index (χ3n) is 4.58. The van der Waals surface area contributed by atoms with Crippen LogP contribution in [0.15, 0.2) is 0 Å². The van der Waals surface area contributed by atoms with E-state index < -0.39 is 5.97 Å². The minimum Gasteiger partial charge on any atom is -0.481 e. The van der Waals surface area contributed by atoms with Crippen LogP contribution in [0.4, 0.5) is 4.79 Å². The number of rotatable bonds is 9. The second-order valence-electron chi connectivity index (χ2n) is 6.41. The summed E-state index contributed by atoms with van der Waals surface area (Å²) in [5.41, 5.74) is 0.131. The normalized spacial score (nSPS) is 17.9. The van der Waals surface area contributed by atoms with Gasteiger partial charge in [-0.25, -0.2) is 4.79 Å². The van der Waals surface area contributed by atoms with Gasteiger partial charge in [-0.2, -0.15) is 0 Å². The zero-order valence-electron chi connectivity index (χ0n) is 13.4. The molecule has 6 heteroatoms. The number of hydrogen-bond donors (Lipinski definition) is 3. The van der Waals surface area contributed by atoms with Crippen molar-refractivity contribution in [1.29, 1.82) is 0 Å². The number of amides is 2. The lowest BCUT2D eigenvalue weighted by atomic mass is 9.75. The molecule has 1 unspecified atom stereocenters. The Bertz CT molecular complexity index is 354. The molecule has 0 aromatic rings. The predicted molar refractivity (Wildman–Crippen MR) is 82.3 cm³/mol. The van der Waals surface area contributed by atoms with Gasteiger partial charge in [0.25, 0.3) is 0 Å². The average molecular weight is 299 g/mol. The van der Waals surface area contributed by atoms with Crippen LogP contribution in [0.1, 0.15) is 45.4 Å². The van der Waals surface area contributed by atoms with E-state index in [1.165, 1.54) is 6.42 Å². The number of likely N-dealkylation sites (N-methyl/N-ethyl adjacent to an activating group) is 1. The van der Waals surface area contributed by atoms with E-state index in [1.807, 2.05) is 6.92 Å². The van der Waals surface area contributed by atoms with Crippen LogP contribution in [0.3, 0.4) is 0 Å². The molecule has 0 aromatic carbocycles. The molecule has 0 aromatic heterocycles. The number of carbonyl (C=O) groups is 2. The first kappa shape index (κ1) is 17.8. The van der Waals surface area contributed by atoms with E-state index in [0.717, 1.165) is 19.3 Å². The van der Waals surface area contributed by atoms with E-state index in [2.05, 4.69) is 29.6 Å². The van der Waals surface area contributed by atoms with Gasteiger partial charge in [-0.3, -0.25) is 4.79 Å². The summed E-state index contributed by atoms with van der Waals surface area (Å²) in [5.74, 6) is -0.455. The zero-order valence-corrected chi connectivity index (χ0v) is 13.4. The van der Waals surface area contributed by atoms with Crippen LogP contribution in [0, 0.1) is 5.92 Å². The maximum Gasteiger partial charge on any atom is 0.314 e. The van der Waals surface area contributed by atoms with Crippen molar-refractivity contribution in [2.24, 2.45) is 5.92 Å². The Morgan fingerprint density at radius 3 is 2.38 bits per heavy atom. The van der Waals surface area contributed by atoms with E-state index in [-0.39, 0.29) is 18.0 Å². The Morgan fingerprint density at radius 1 is 1.24 bits per heavy atom. The summed E-state index contributed by atoms with van der Waals surface area (Å²) in [6, 6.07) is -0.131. The van der Waals surface area contributed by atoms with Gasteiger partial charge in [-0.1, -0.05) is 6.92 Å². The number of urea groups is 1. The highest BCUT2D eigenvalue weighted by atomic mass is 16.4. The van der Waals surface area contributed by atoms with Crippen LogP contribution in [-0.2, 0) is 4.79 Å². The van der Waals surface area contributed by atoms with Crippen molar-refractivity contribution in [3.63, 3.8) is 0 Å². The standard InChI is InChI=1S/C15H29N3O3/c1-12(5-6-13(19)20)7-10-16-14(21)17-11-15(18(2)3)8-4-9-15/h12H,4-11H2,1-3H3,(H,19,20)(H2,16,17,21). The highest BCUT2D eigenvalue weighted by Gasteiger charge is 2.39. The van der Waals surface area contributed by atoms with E-state index >= 15 is 0 Å². The fraction of sp³-hybridized carbons (Fsp3) is 0.867. The van der Waals surface area contributed by atoms with Gasteiger partial charge in [0, 0.05) is 25.0 Å². The predicted octanol–water partition coefficient (Wildman–Crippen LogP) is 1.66. The second-order valence-corrected chi connectivity index (χ2v) is 6.41. The number of nitrogens with one attached hydrogen (secondary N) is 2. The lowest BCUT2D eigenvalue weighted by molar-refractivity contribution is -0.137. The van der Waals surface area contributed by atoms with Gasteiger partial charge in [0.2, 0.25) is 0 Å². The van der Waals surface area contributed by atoms with Crippen LogP contribution in [0.25, 0.3) is 0 Å². The van der Waals surface area contributed by atoms with Crippen molar-refractivity contribution < 1.29 is 14.7 Å². The molecule has 21 heavy (non-hydrogen) atoms. The molecule has 6 nitrogen and oxygen atoms in total. The van der Waals surface area contributed by atoms with Gasteiger partial charge in [0.1, 0.15) is 0 Å². The average Bonchev–Trinajstić information content (AvgIpc) is 2.34. The molecule has 0 bridgehead atoms. The van der Waals surface area contributed by atoms with Gasteiger partial charge in [-0.05, 0) is 52.1 Å². The van der Waals surface area contributed by atoms with E-state index in [4.69, 9.17) is 5.11 Å². The Balaban J connectivity index is 2.12. The summed E-state index contributed by atoms with van der Waals surface area (Å²) in [7, 11) is 4.12. The molecule has 0 saturated heterocycles. The summed E-state index contributed by atoms with van der Waals surface area (Å²) < 4.78 is 0. The molecule has 0 radical (unpaired) electrons. The molecule has 122 valence electrons. The molecule has 1 aliphatic carbocycles. The first-order chi connectivity index (χ1) is 9.85. The molecule has 1 saturated carbocycles. The van der Waals surface area contributed by atoms with Crippen LogP contribution in [0.5, 0.6) is 0 Å². The topological polar surface area (TPSA) is 81.7 Å². The summed E-state index contributed by atoms with van der Waals surface area (Å²) >= 11 is 0. The molecule has 0 spiro atoms. The Morgan fingerprint density at radius 2 is 1.90 bits per heavy atom. The quantitative estimate of drug-likeness (QED) is 0.605. The van der Waals surface area contributed by atoms with Gasteiger partial charge in [-0.15, -0.1) is 0 Å². The fourth-order valence-electron chi connectivity index (χ4n) is 2.62. The third-order valence-corrected chi connectivity index (χ3v) is 4.58. The number of aliphatic carboxylic acids is 1. The smallest absolute Gasteiger partial charge is 0.314 e. The summed E-state index contributed by atoms with van der Waals surface area (Å²) in [6.45, 7) is 3.28. The number of carboxylic acid groups (broad SMARTS) is 1. The number of nitrogens with zero attached hydrogens (tertiary/aromatic N) is 1. The highest BCUT2D eigenvalue weighted by molar-refractivity contribution is 5.73. The van der Waals surface area contributed by atoms with Crippen LogP contribution in [0.2, 0.25) is 0 Å². The SMILES string of the molecule is CC(CCNC(=O)NCC1(N(C)C)CCC1)CCC(=O)O. The lowest BCUT2D eigenvalue weighted by Gasteiger charge is -2.47. The first-order valence-corrected chi connectivity index (χ1v) is 7.77. The van der Waals surface area contributed by atoms with Crippen molar-refractivity contribution in [3.05, 3.63) is 0 Å². The minimum atomic E-state index is -0.762. The maximum atomic E-state index is 11.8. The van der Waals surface area contributed by atoms with Crippen LogP contribution < -0.4 is 10.6 Å². The molecule has 1 rings (SSSR count). The van der Waals surface area contributed by atoms with Crippen molar-refractivity contribution >= 4 is 12.0 Å². The summed E-state index contributed by atoms with van der Waals surface area (Å²) in [4.78, 5) is 24.4. The largest absolute Gasteiger partial charge is 0.481 e. The van der Waals surface area contributed by atoms with Gasteiger partial charge < -0.3 is 20.6 Å². The van der Waals surface area contributed by atoms with E-state index in [0.29, 0.717) is 25.4 Å². The Labute approximate surface area is 127 Å². The molecule has 3 N–H and O–H groups in total. The molecule has 1 aliphatic rings. The molecular weight excluding hydrogens is 270 g/mol. The number of carbonyl (C=O) groups excluding carboxylic acids is 1. The molecule has 0 heterocycles. The van der Waals surface area contributed by atoms with Gasteiger partial charge in [0.05, 0.1) is 0 Å². The number of carboxylic acids is 1. The van der Waals surface area contributed by atoms with Crippen LogP contribution >= 0.6 is 0 Å².